The van der Waals surface area contributed by atoms with Crippen LogP contribution in [-0.2, 0) is 24.7 Å². The van der Waals surface area contributed by atoms with Crippen molar-refractivity contribution >= 4 is 51.9 Å². The maximum Gasteiger partial charge on any atom is 0.332 e. The number of fused-ring (bicyclic) bond motifs is 1. The molecule has 1 aromatic carbocycles. The fraction of sp³-hybridized carbons (Fsp3) is 0.353. The lowest BCUT2D eigenvalue weighted by Crippen LogP contribution is -2.40. The van der Waals surface area contributed by atoms with Crippen molar-refractivity contribution in [3.05, 3.63) is 61.0 Å². The molecular weight excluding hydrogens is 498 g/mol. The van der Waals surface area contributed by atoms with Crippen LogP contribution in [0.25, 0.3) is 11.2 Å². The lowest BCUT2D eigenvalue weighted by Gasteiger charge is -2.10. The Labute approximate surface area is 175 Å². The summed E-state index contributed by atoms with van der Waals surface area (Å²) >= 11 is 7.57. The lowest BCUT2D eigenvalue weighted by atomic mass is 10.1. The molecule has 144 valence electrons. The molecule has 2 aromatic heterocycles. The average molecular weight is 518 g/mol. The van der Waals surface area contributed by atoms with Crippen LogP contribution in [0.5, 0.6) is 0 Å². The number of aromatic amines is 1. The fourth-order valence-corrected chi connectivity index (χ4v) is 4.10. The second-order valence-corrected chi connectivity index (χ2v) is 8.43. The van der Waals surface area contributed by atoms with E-state index in [2.05, 4.69) is 27.0 Å². The summed E-state index contributed by atoms with van der Waals surface area (Å²) in [7, 11) is 1.64. The summed E-state index contributed by atoms with van der Waals surface area (Å²) < 4.78 is 10.2. The van der Waals surface area contributed by atoms with E-state index in [-0.39, 0.29) is 11.2 Å². The van der Waals surface area contributed by atoms with Gasteiger partial charge in [-0.1, -0.05) is 29.8 Å². The van der Waals surface area contributed by atoms with Crippen LogP contribution in [0.2, 0.25) is 0 Å². The van der Waals surface area contributed by atoms with Crippen molar-refractivity contribution in [3.63, 3.8) is 0 Å². The van der Waals surface area contributed by atoms with Gasteiger partial charge in [-0.2, -0.15) is 0 Å². The molecular formula is C17H20IN4O3PS. The van der Waals surface area contributed by atoms with Gasteiger partial charge in [-0.15, -0.1) is 0 Å². The van der Waals surface area contributed by atoms with Gasteiger partial charge >= 0.3 is 5.69 Å². The second kappa shape index (κ2) is 8.81. The summed E-state index contributed by atoms with van der Waals surface area (Å²) in [6.45, 7) is 3.67. The van der Waals surface area contributed by atoms with Crippen molar-refractivity contribution in [3.8, 4) is 0 Å². The number of rotatable bonds is 7. The maximum atomic E-state index is 13.1. The van der Waals surface area contributed by atoms with Crippen molar-refractivity contribution in [2.45, 2.75) is 26.4 Å². The van der Waals surface area contributed by atoms with E-state index >= 15 is 0 Å². The minimum absolute atomic E-state index is 0.311. The smallest absolute Gasteiger partial charge is 0.332 e. The molecule has 1 N–H and O–H groups in total. The first kappa shape index (κ1) is 20.4. The van der Waals surface area contributed by atoms with Gasteiger partial charge in [0.15, 0.2) is 10.3 Å². The first-order valence-electron chi connectivity index (χ1n) is 8.39. The number of aryl methyl sites for hydroxylation is 2. The van der Waals surface area contributed by atoms with Gasteiger partial charge in [0.1, 0.15) is 5.65 Å². The Hall–Kier alpha value is -1.29. The highest BCUT2D eigenvalue weighted by Crippen LogP contribution is 2.21. The van der Waals surface area contributed by atoms with Gasteiger partial charge in [0.2, 0.25) is 0 Å². The van der Waals surface area contributed by atoms with Crippen molar-refractivity contribution in [2.24, 2.45) is 7.05 Å². The summed E-state index contributed by atoms with van der Waals surface area (Å²) in [5.74, 6) is 0. The van der Waals surface area contributed by atoms with Crippen molar-refractivity contribution in [1.82, 2.24) is 18.7 Å². The number of H-pyrrole nitrogens is 1. The molecule has 0 saturated heterocycles. The zero-order valence-corrected chi connectivity index (χ0v) is 19.0. The molecule has 0 aliphatic heterocycles. The molecule has 0 radical (unpaired) electrons. The van der Waals surface area contributed by atoms with Crippen LogP contribution in [0.15, 0.2) is 33.9 Å². The number of benzene rings is 1. The van der Waals surface area contributed by atoms with Crippen LogP contribution in [0.3, 0.4) is 0 Å². The third kappa shape index (κ3) is 4.26. The molecule has 10 heteroatoms. The molecule has 0 aliphatic carbocycles. The van der Waals surface area contributed by atoms with E-state index in [0.29, 0.717) is 48.5 Å². The zero-order chi connectivity index (χ0) is 19.6. The maximum absolute atomic E-state index is 13.1. The summed E-state index contributed by atoms with van der Waals surface area (Å²) in [5, 5.41) is 0. The standard InChI is InChI=1S/C17H20IN4O3PS/c1-11-4-6-12(7-5-11)10-22-13-14(19-16(22)27)20(2)17(24)21(15(13)23)8-3-9-25-26-18/h4-7,26H,3,8-10H2,1-2H3,(H,19,27). The summed E-state index contributed by atoms with van der Waals surface area (Å²) in [4.78, 5) is 28.7. The predicted octanol–water partition coefficient (Wildman–Crippen LogP) is 3.27. The van der Waals surface area contributed by atoms with Crippen LogP contribution in [-0.4, -0.2) is 25.3 Å². The number of nitrogens with one attached hydrogen (secondary N) is 1. The molecule has 0 bridgehead atoms. The van der Waals surface area contributed by atoms with E-state index in [0.717, 1.165) is 5.56 Å². The SMILES string of the molecule is Cc1ccc(Cn2c(=S)[nH]c3c2c(=O)n(CCCOPI)c(=O)n3C)cc1. The Bertz CT molecular complexity index is 1130. The highest BCUT2D eigenvalue weighted by Gasteiger charge is 2.17. The first-order chi connectivity index (χ1) is 12.9. The largest absolute Gasteiger partial charge is 0.352 e. The normalized spacial score (nSPS) is 11.8. The van der Waals surface area contributed by atoms with Crippen LogP contribution in [0, 0.1) is 11.7 Å². The van der Waals surface area contributed by atoms with E-state index in [1.54, 1.807) is 11.6 Å². The van der Waals surface area contributed by atoms with Crippen molar-refractivity contribution in [2.75, 3.05) is 6.61 Å². The van der Waals surface area contributed by atoms with E-state index in [1.807, 2.05) is 31.2 Å². The Morgan fingerprint density at radius 2 is 1.93 bits per heavy atom. The van der Waals surface area contributed by atoms with E-state index < -0.39 is 0 Å². The molecule has 0 fully saturated rings. The van der Waals surface area contributed by atoms with Gasteiger partial charge in [-0.25, -0.2) is 4.79 Å². The molecule has 0 aliphatic rings. The molecule has 7 nitrogen and oxygen atoms in total. The first-order valence-corrected chi connectivity index (χ1v) is 12.8. The molecule has 1 unspecified atom stereocenters. The summed E-state index contributed by atoms with van der Waals surface area (Å²) in [5.41, 5.74) is 2.38. The third-order valence-corrected chi connectivity index (χ3v) is 5.98. The molecule has 0 saturated carbocycles. The molecule has 2 heterocycles. The number of hydrogen-bond acceptors (Lipinski definition) is 4. The predicted molar refractivity (Wildman–Crippen MR) is 120 cm³/mol. The van der Waals surface area contributed by atoms with Gasteiger partial charge in [0, 0.05) is 13.6 Å². The zero-order valence-electron chi connectivity index (χ0n) is 15.0. The van der Waals surface area contributed by atoms with Crippen molar-refractivity contribution in [1.29, 1.82) is 0 Å². The van der Waals surface area contributed by atoms with Gasteiger partial charge in [0.05, 0.1) is 19.6 Å². The highest BCUT2D eigenvalue weighted by atomic mass is 127. The molecule has 3 aromatic rings. The topological polar surface area (TPSA) is 74.0 Å². The van der Waals surface area contributed by atoms with Crippen LogP contribution in [0.4, 0.5) is 0 Å². The number of nitrogens with zero attached hydrogens (tertiary/aromatic N) is 3. The fourth-order valence-electron chi connectivity index (χ4n) is 2.97. The minimum Gasteiger partial charge on any atom is -0.352 e. The van der Waals surface area contributed by atoms with Crippen LogP contribution < -0.4 is 11.2 Å². The number of hydrogen-bond donors (Lipinski definition) is 1. The van der Waals surface area contributed by atoms with E-state index in [4.69, 9.17) is 16.7 Å². The minimum atomic E-state index is -0.358. The Morgan fingerprint density at radius 3 is 2.59 bits per heavy atom. The molecule has 27 heavy (non-hydrogen) atoms. The van der Waals surface area contributed by atoms with E-state index in [9.17, 15) is 9.59 Å². The Morgan fingerprint density at radius 1 is 1.22 bits per heavy atom. The summed E-state index contributed by atoms with van der Waals surface area (Å²) in [6, 6.07) is 8.07. The highest BCUT2D eigenvalue weighted by molar-refractivity contribution is 14.2. The van der Waals surface area contributed by atoms with Crippen LogP contribution >= 0.6 is 40.7 Å². The number of halogens is 1. The number of imidazole rings is 1. The van der Waals surface area contributed by atoms with Gasteiger partial charge in [-0.3, -0.25) is 13.9 Å². The second-order valence-electron chi connectivity index (χ2n) is 6.28. The van der Waals surface area contributed by atoms with Crippen molar-refractivity contribution < 1.29 is 4.52 Å². The monoisotopic (exact) mass is 518 g/mol. The average Bonchev–Trinajstić information content (AvgIpc) is 2.98. The summed E-state index contributed by atoms with van der Waals surface area (Å²) in [6.07, 6.45) is 0.597. The Balaban J connectivity index is 2.09. The van der Waals surface area contributed by atoms with Gasteiger partial charge in [-0.05, 0) is 53.2 Å². The van der Waals surface area contributed by atoms with E-state index in [1.165, 1.54) is 14.7 Å². The Kier molecular flexibility index (Phi) is 6.67. The third-order valence-electron chi connectivity index (χ3n) is 4.41. The molecule has 0 spiro atoms. The van der Waals surface area contributed by atoms with Crippen LogP contribution in [0.1, 0.15) is 17.5 Å². The van der Waals surface area contributed by atoms with Gasteiger partial charge < -0.3 is 14.1 Å². The molecule has 1 atom stereocenters. The quantitative estimate of drug-likeness (QED) is 0.226. The lowest BCUT2D eigenvalue weighted by molar-refractivity contribution is 0.344. The van der Waals surface area contributed by atoms with Gasteiger partial charge in [0.25, 0.3) is 5.56 Å². The molecule has 0 amide bonds. The number of aromatic nitrogens is 4. The molecule has 3 rings (SSSR count).